The third-order valence-corrected chi connectivity index (χ3v) is 2.58. The van der Waals surface area contributed by atoms with Gasteiger partial charge in [0.1, 0.15) is 6.61 Å². The molecule has 3 heteroatoms. The van der Waals surface area contributed by atoms with Gasteiger partial charge in [-0.25, -0.2) is 0 Å². The molecule has 0 heterocycles. The molecule has 0 aliphatic heterocycles. The van der Waals surface area contributed by atoms with Crippen molar-refractivity contribution >= 4 is 5.91 Å². The highest BCUT2D eigenvalue weighted by Crippen LogP contribution is 2.19. The fraction of sp³-hybridized carbons (Fsp3) is 0.462. The van der Waals surface area contributed by atoms with E-state index in [9.17, 15) is 4.79 Å². The Kier molecular flexibility index (Phi) is 4.99. The second-order valence-electron chi connectivity index (χ2n) is 3.82. The Morgan fingerprint density at radius 1 is 1.44 bits per heavy atom. The Morgan fingerprint density at radius 3 is 2.69 bits per heavy atom. The van der Waals surface area contributed by atoms with Crippen molar-refractivity contribution in [1.29, 1.82) is 0 Å². The largest absolute Gasteiger partial charge is 0.375 e. The summed E-state index contributed by atoms with van der Waals surface area (Å²) in [6.45, 7) is 4.23. The lowest BCUT2D eigenvalue weighted by Crippen LogP contribution is -2.31. The van der Waals surface area contributed by atoms with Crippen LogP contribution in [0.3, 0.4) is 0 Å². The van der Waals surface area contributed by atoms with E-state index in [1.54, 1.807) is 0 Å². The van der Waals surface area contributed by atoms with Gasteiger partial charge in [-0.3, -0.25) is 4.79 Å². The van der Waals surface area contributed by atoms with E-state index in [1.165, 1.54) is 18.2 Å². The number of methoxy groups -OCH3 is 1. The summed E-state index contributed by atoms with van der Waals surface area (Å²) in [6, 6.07) is 8.18. The van der Waals surface area contributed by atoms with Gasteiger partial charge in [-0.15, -0.1) is 0 Å². The molecular formula is C13H19NO2. The van der Waals surface area contributed by atoms with Gasteiger partial charge < -0.3 is 10.1 Å². The zero-order valence-corrected chi connectivity index (χ0v) is 10.1. The summed E-state index contributed by atoms with van der Waals surface area (Å²) in [5, 5.41) is 2.96. The number of nitrogens with one attached hydrogen (secondary N) is 1. The first kappa shape index (κ1) is 12.7. The molecule has 1 rings (SSSR count). The minimum absolute atomic E-state index is 0.0717. The highest BCUT2D eigenvalue weighted by Gasteiger charge is 2.13. The summed E-state index contributed by atoms with van der Waals surface area (Å²) in [6.07, 6.45) is 0.875. The van der Waals surface area contributed by atoms with Gasteiger partial charge in [0.15, 0.2) is 0 Å². The van der Waals surface area contributed by atoms with E-state index in [0.29, 0.717) is 0 Å². The van der Waals surface area contributed by atoms with Crippen molar-refractivity contribution in [3.63, 3.8) is 0 Å². The van der Waals surface area contributed by atoms with E-state index in [0.717, 1.165) is 6.42 Å². The van der Waals surface area contributed by atoms with Crippen LogP contribution in [0.5, 0.6) is 0 Å². The van der Waals surface area contributed by atoms with Crippen molar-refractivity contribution in [2.45, 2.75) is 26.3 Å². The molecular weight excluding hydrogens is 202 g/mol. The summed E-state index contributed by atoms with van der Waals surface area (Å²) in [7, 11) is 1.52. The molecule has 1 aromatic rings. The van der Waals surface area contributed by atoms with E-state index >= 15 is 0 Å². The first-order valence-corrected chi connectivity index (χ1v) is 5.52. The van der Waals surface area contributed by atoms with E-state index in [4.69, 9.17) is 4.74 Å². The number of amides is 1. The Labute approximate surface area is 96.8 Å². The molecule has 16 heavy (non-hydrogen) atoms. The van der Waals surface area contributed by atoms with E-state index in [2.05, 4.69) is 31.3 Å². The van der Waals surface area contributed by atoms with Gasteiger partial charge in [0.2, 0.25) is 5.91 Å². The van der Waals surface area contributed by atoms with Gasteiger partial charge in [-0.2, -0.15) is 0 Å². The van der Waals surface area contributed by atoms with Crippen LogP contribution in [0, 0.1) is 6.92 Å². The predicted molar refractivity (Wildman–Crippen MR) is 64.2 cm³/mol. The van der Waals surface area contributed by atoms with Gasteiger partial charge in [0, 0.05) is 7.11 Å². The van der Waals surface area contributed by atoms with Crippen LogP contribution in [0.25, 0.3) is 0 Å². The fourth-order valence-electron chi connectivity index (χ4n) is 1.74. The van der Waals surface area contributed by atoms with Crippen LogP contribution in [0.4, 0.5) is 0 Å². The number of hydrogen-bond acceptors (Lipinski definition) is 2. The summed E-state index contributed by atoms with van der Waals surface area (Å²) < 4.78 is 4.80. The smallest absolute Gasteiger partial charge is 0.246 e. The molecule has 0 radical (unpaired) electrons. The Balaban J connectivity index is 2.75. The zero-order chi connectivity index (χ0) is 12.0. The van der Waals surface area contributed by atoms with Gasteiger partial charge in [0.25, 0.3) is 0 Å². The third-order valence-electron chi connectivity index (χ3n) is 2.58. The molecule has 1 atom stereocenters. The Morgan fingerprint density at radius 2 is 2.12 bits per heavy atom. The molecule has 0 spiro atoms. The quantitative estimate of drug-likeness (QED) is 0.827. The van der Waals surface area contributed by atoms with Crippen molar-refractivity contribution < 1.29 is 9.53 Å². The Bertz CT molecular complexity index is 350. The summed E-state index contributed by atoms with van der Waals surface area (Å²) in [4.78, 5) is 11.5. The number of carbonyl (C=O) groups is 1. The summed E-state index contributed by atoms with van der Waals surface area (Å²) >= 11 is 0. The average Bonchev–Trinajstić information content (AvgIpc) is 2.27. The summed E-state index contributed by atoms with van der Waals surface area (Å²) in [5.74, 6) is -0.0717. The van der Waals surface area contributed by atoms with E-state index in [-0.39, 0.29) is 18.6 Å². The zero-order valence-electron chi connectivity index (χ0n) is 10.1. The van der Waals surface area contributed by atoms with Gasteiger partial charge >= 0.3 is 0 Å². The average molecular weight is 221 g/mol. The van der Waals surface area contributed by atoms with Crippen LogP contribution in [-0.2, 0) is 9.53 Å². The second kappa shape index (κ2) is 6.28. The van der Waals surface area contributed by atoms with Crippen LogP contribution < -0.4 is 5.32 Å². The minimum Gasteiger partial charge on any atom is -0.375 e. The van der Waals surface area contributed by atoms with E-state index < -0.39 is 0 Å². The highest BCUT2D eigenvalue weighted by atomic mass is 16.5. The third kappa shape index (κ3) is 3.35. The number of benzene rings is 1. The van der Waals surface area contributed by atoms with Crippen molar-refractivity contribution in [2.75, 3.05) is 13.7 Å². The molecule has 0 aliphatic carbocycles. The van der Waals surface area contributed by atoms with Crippen molar-refractivity contribution in [1.82, 2.24) is 5.32 Å². The lowest BCUT2D eigenvalue weighted by Gasteiger charge is -2.19. The lowest BCUT2D eigenvalue weighted by molar-refractivity contribution is -0.125. The topological polar surface area (TPSA) is 38.3 Å². The number of carbonyl (C=O) groups excluding carboxylic acids is 1. The maximum atomic E-state index is 11.5. The summed E-state index contributed by atoms with van der Waals surface area (Å²) in [5.41, 5.74) is 2.38. The van der Waals surface area contributed by atoms with Crippen LogP contribution in [-0.4, -0.2) is 19.6 Å². The maximum absolute atomic E-state index is 11.5. The lowest BCUT2D eigenvalue weighted by atomic mass is 9.99. The molecule has 0 aromatic heterocycles. The molecule has 1 aromatic carbocycles. The van der Waals surface area contributed by atoms with Crippen LogP contribution in [0.2, 0.25) is 0 Å². The van der Waals surface area contributed by atoms with Gasteiger partial charge in [-0.05, 0) is 24.5 Å². The first-order chi connectivity index (χ1) is 7.69. The van der Waals surface area contributed by atoms with E-state index in [1.807, 2.05) is 12.1 Å². The van der Waals surface area contributed by atoms with Crippen molar-refractivity contribution in [3.8, 4) is 0 Å². The first-order valence-electron chi connectivity index (χ1n) is 5.52. The maximum Gasteiger partial charge on any atom is 0.246 e. The SMILES string of the molecule is CC[C@@H](NC(=O)COC)c1ccccc1C. The predicted octanol–water partition coefficient (Wildman–Crippen LogP) is 2.21. The van der Waals surface area contributed by atoms with Crippen LogP contribution in [0.15, 0.2) is 24.3 Å². The molecule has 0 unspecified atom stereocenters. The molecule has 0 saturated carbocycles. The standard InChI is InChI=1S/C13H19NO2/c1-4-12(14-13(15)9-16-3)11-8-6-5-7-10(11)2/h5-8,12H,4,9H2,1-3H3,(H,14,15)/t12-/m1/s1. The molecule has 0 saturated heterocycles. The normalized spacial score (nSPS) is 12.2. The number of aryl methyl sites for hydroxylation is 1. The van der Waals surface area contributed by atoms with Gasteiger partial charge in [-0.1, -0.05) is 31.2 Å². The number of rotatable bonds is 5. The Hall–Kier alpha value is -1.35. The highest BCUT2D eigenvalue weighted by molar-refractivity contribution is 5.77. The van der Waals surface area contributed by atoms with Crippen LogP contribution >= 0.6 is 0 Å². The molecule has 0 fully saturated rings. The second-order valence-corrected chi connectivity index (χ2v) is 3.82. The fourth-order valence-corrected chi connectivity index (χ4v) is 1.74. The number of hydrogen-bond donors (Lipinski definition) is 1. The molecule has 3 nitrogen and oxygen atoms in total. The molecule has 1 amide bonds. The monoisotopic (exact) mass is 221 g/mol. The van der Waals surface area contributed by atoms with Crippen LogP contribution in [0.1, 0.15) is 30.5 Å². The van der Waals surface area contributed by atoms with Crippen molar-refractivity contribution in [2.24, 2.45) is 0 Å². The molecule has 88 valence electrons. The van der Waals surface area contributed by atoms with Crippen molar-refractivity contribution in [3.05, 3.63) is 35.4 Å². The minimum atomic E-state index is -0.0717. The van der Waals surface area contributed by atoms with Gasteiger partial charge in [0.05, 0.1) is 6.04 Å². The number of ether oxygens (including phenoxy) is 1. The molecule has 0 aliphatic rings. The molecule has 1 N–H and O–H groups in total. The molecule has 0 bridgehead atoms.